The van der Waals surface area contributed by atoms with E-state index in [1.807, 2.05) is 36.4 Å². The van der Waals surface area contributed by atoms with E-state index in [1.165, 1.54) is 40.9 Å². The summed E-state index contributed by atoms with van der Waals surface area (Å²) >= 11 is 1.18. The molecule has 0 bridgehead atoms. The Bertz CT molecular complexity index is 1570. The van der Waals surface area contributed by atoms with Gasteiger partial charge in [-0.2, -0.15) is 5.10 Å². The molecule has 1 N–H and O–H groups in total. The van der Waals surface area contributed by atoms with E-state index in [0.717, 1.165) is 5.56 Å². The van der Waals surface area contributed by atoms with E-state index in [2.05, 4.69) is 15.5 Å². The van der Waals surface area contributed by atoms with Gasteiger partial charge < -0.3 is 14.5 Å². The molecule has 0 radical (unpaired) electrons. The molecule has 40 heavy (non-hydrogen) atoms. The van der Waals surface area contributed by atoms with Crippen LogP contribution in [0.2, 0.25) is 0 Å². The molecule has 1 aromatic heterocycles. The van der Waals surface area contributed by atoms with Crippen molar-refractivity contribution in [3.8, 4) is 5.75 Å². The first-order chi connectivity index (χ1) is 19.5. The smallest absolute Gasteiger partial charge is 0.267 e. The van der Waals surface area contributed by atoms with Crippen LogP contribution in [0.15, 0.2) is 117 Å². The monoisotopic (exact) mass is 554 g/mol. The fourth-order valence-electron chi connectivity index (χ4n) is 3.71. The number of nitrogens with one attached hydrogen (secondary N) is 1. The Morgan fingerprint density at radius 1 is 1.00 bits per heavy atom. The third-order valence-electron chi connectivity index (χ3n) is 5.62. The maximum Gasteiger partial charge on any atom is 0.267 e. The van der Waals surface area contributed by atoms with Crippen LogP contribution in [0, 0.1) is 5.82 Å². The van der Waals surface area contributed by atoms with E-state index in [9.17, 15) is 14.0 Å². The summed E-state index contributed by atoms with van der Waals surface area (Å²) in [6, 6.07) is 25.6. The number of para-hydroxylation sites is 1. The second-order valence-electron chi connectivity index (χ2n) is 8.50. The van der Waals surface area contributed by atoms with Crippen molar-refractivity contribution in [2.75, 3.05) is 11.9 Å². The Hall–Kier alpha value is -4.96. The Kier molecular flexibility index (Phi) is 8.47. The van der Waals surface area contributed by atoms with Crippen molar-refractivity contribution in [1.82, 2.24) is 4.90 Å². The molecule has 0 saturated carbocycles. The highest BCUT2D eigenvalue weighted by Crippen LogP contribution is 2.35. The maximum atomic E-state index is 13.4. The number of nitrogens with zero attached hydrogens (tertiary/aromatic N) is 3. The minimum absolute atomic E-state index is 0.192. The number of anilines is 1. The molecule has 200 valence electrons. The van der Waals surface area contributed by atoms with Gasteiger partial charge in [0.1, 0.15) is 17.3 Å². The van der Waals surface area contributed by atoms with Crippen molar-refractivity contribution in [1.29, 1.82) is 0 Å². The van der Waals surface area contributed by atoms with Gasteiger partial charge >= 0.3 is 0 Å². The number of amides is 2. The molecule has 0 aliphatic carbocycles. The average Bonchev–Trinajstić information content (AvgIpc) is 3.59. The van der Waals surface area contributed by atoms with Crippen LogP contribution in [0.4, 0.5) is 10.1 Å². The number of ether oxygens (including phenoxy) is 1. The number of halogens is 1. The van der Waals surface area contributed by atoms with E-state index in [-0.39, 0.29) is 19.1 Å². The maximum absolute atomic E-state index is 13.4. The Labute approximate surface area is 233 Å². The lowest BCUT2D eigenvalue weighted by Gasteiger charge is -2.12. The molecule has 0 atom stereocenters. The zero-order chi connectivity index (χ0) is 27.7. The minimum atomic E-state index is -0.407. The third kappa shape index (κ3) is 6.91. The molecule has 2 heterocycles. The fraction of sp³-hybridized carbons (Fsp3) is 0.0667. The number of hydrogen-bond acceptors (Lipinski definition) is 7. The molecule has 8 nitrogen and oxygen atoms in total. The van der Waals surface area contributed by atoms with Gasteiger partial charge in [-0.25, -0.2) is 4.39 Å². The molecule has 5 rings (SSSR count). The molecule has 10 heteroatoms. The molecule has 2 amide bonds. The van der Waals surface area contributed by atoms with Gasteiger partial charge in [-0.1, -0.05) is 48.5 Å². The number of carbonyl (C=O) groups is 2. The Morgan fingerprint density at radius 3 is 2.55 bits per heavy atom. The second kappa shape index (κ2) is 12.7. The number of benzene rings is 3. The van der Waals surface area contributed by atoms with Crippen molar-refractivity contribution in [2.24, 2.45) is 10.2 Å². The van der Waals surface area contributed by atoms with Gasteiger partial charge in [-0.05, 0) is 65.9 Å². The van der Waals surface area contributed by atoms with Gasteiger partial charge in [0.25, 0.3) is 11.8 Å². The van der Waals surface area contributed by atoms with Gasteiger partial charge in [0.2, 0.25) is 0 Å². The van der Waals surface area contributed by atoms with Crippen LogP contribution in [0.25, 0.3) is 6.08 Å². The molecule has 1 saturated heterocycles. The first-order valence-corrected chi connectivity index (χ1v) is 13.0. The lowest BCUT2D eigenvalue weighted by molar-refractivity contribution is -0.122. The summed E-state index contributed by atoms with van der Waals surface area (Å²) in [5.41, 5.74) is 1.95. The molecule has 1 fully saturated rings. The summed E-state index contributed by atoms with van der Waals surface area (Å²) in [4.78, 5) is 27.7. The lowest BCUT2D eigenvalue weighted by Crippen LogP contribution is -2.28. The summed E-state index contributed by atoms with van der Waals surface area (Å²) < 4.78 is 24.3. The summed E-state index contributed by atoms with van der Waals surface area (Å²) in [6.07, 6.45) is 4.85. The van der Waals surface area contributed by atoms with E-state index in [4.69, 9.17) is 9.15 Å². The molecule has 4 aromatic rings. The SMILES string of the molecule is O=C(COc1ccccc1/C=C1\S/C(=N/N=C\c2ccccc2)N(Cc2ccco2)C1=O)Nc1ccc(F)cc1. The highest BCUT2D eigenvalue weighted by molar-refractivity contribution is 8.18. The van der Waals surface area contributed by atoms with Crippen molar-refractivity contribution >= 4 is 46.7 Å². The van der Waals surface area contributed by atoms with Gasteiger partial charge in [0.15, 0.2) is 11.8 Å². The van der Waals surface area contributed by atoms with Crippen molar-refractivity contribution in [2.45, 2.75) is 6.54 Å². The molecular weight excluding hydrogens is 531 g/mol. The predicted molar refractivity (Wildman–Crippen MR) is 153 cm³/mol. The second-order valence-corrected chi connectivity index (χ2v) is 9.51. The zero-order valence-corrected chi connectivity index (χ0v) is 21.9. The molecule has 1 aliphatic heterocycles. The summed E-state index contributed by atoms with van der Waals surface area (Å²) in [6.45, 7) is -0.0816. The topological polar surface area (TPSA) is 96.5 Å². The average molecular weight is 555 g/mol. The third-order valence-corrected chi connectivity index (χ3v) is 6.62. The Morgan fingerprint density at radius 2 is 1.77 bits per heavy atom. The van der Waals surface area contributed by atoms with Gasteiger partial charge in [0, 0.05) is 11.3 Å². The Balaban J connectivity index is 1.33. The number of furan rings is 1. The van der Waals surface area contributed by atoms with Gasteiger partial charge in [0.05, 0.1) is 23.9 Å². The predicted octanol–water partition coefficient (Wildman–Crippen LogP) is 5.94. The molecule has 0 unspecified atom stereocenters. The first kappa shape index (κ1) is 26.6. The summed E-state index contributed by atoms with van der Waals surface area (Å²) in [5, 5.41) is 11.6. The van der Waals surface area contributed by atoms with Gasteiger partial charge in [-0.3, -0.25) is 14.5 Å². The normalized spacial score (nSPS) is 15.3. The molecular formula is C30H23FN4O4S. The van der Waals surface area contributed by atoms with Gasteiger partial charge in [-0.15, -0.1) is 5.10 Å². The molecule has 0 spiro atoms. The van der Waals surface area contributed by atoms with Crippen LogP contribution in [-0.4, -0.2) is 34.7 Å². The van der Waals surface area contributed by atoms with Crippen LogP contribution >= 0.6 is 11.8 Å². The number of thioether (sulfide) groups is 1. The summed E-state index contributed by atoms with van der Waals surface area (Å²) in [5.74, 6) is -0.0438. The highest BCUT2D eigenvalue weighted by atomic mass is 32.2. The van der Waals surface area contributed by atoms with E-state index in [1.54, 1.807) is 48.9 Å². The minimum Gasteiger partial charge on any atom is -0.483 e. The largest absolute Gasteiger partial charge is 0.483 e. The highest BCUT2D eigenvalue weighted by Gasteiger charge is 2.34. The van der Waals surface area contributed by atoms with Crippen LogP contribution in [0.5, 0.6) is 5.75 Å². The van der Waals surface area contributed by atoms with Crippen LogP contribution in [0.3, 0.4) is 0 Å². The number of hydrogen-bond donors (Lipinski definition) is 1. The van der Waals surface area contributed by atoms with E-state index < -0.39 is 11.7 Å². The van der Waals surface area contributed by atoms with Crippen molar-refractivity contribution < 1.29 is 23.1 Å². The fourth-order valence-corrected chi connectivity index (χ4v) is 4.64. The number of carbonyl (C=O) groups excluding carboxylic acids is 2. The van der Waals surface area contributed by atoms with Crippen LogP contribution in [-0.2, 0) is 16.1 Å². The van der Waals surface area contributed by atoms with Crippen molar-refractivity contribution in [3.05, 3.63) is 125 Å². The van der Waals surface area contributed by atoms with E-state index in [0.29, 0.717) is 32.8 Å². The lowest BCUT2D eigenvalue weighted by atomic mass is 10.2. The quantitative estimate of drug-likeness (QED) is 0.157. The molecule has 1 aliphatic rings. The number of amidine groups is 1. The summed E-state index contributed by atoms with van der Waals surface area (Å²) in [7, 11) is 0. The van der Waals surface area contributed by atoms with Crippen LogP contribution in [0.1, 0.15) is 16.9 Å². The van der Waals surface area contributed by atoms with Crippen LogP contribution < -0.4 is 10.1 Å². The zero-order valence-electron chi connectivity index (χ0n) is 21.1. The molecule has 3 aromatic carbocycles. The van der Waals surface area contributed by atoms with E-state index >= 15 is 0 Å². The first-order valence-electron chi connectivity index (χ1n) is 12.2. The number of rotatable bonds is 9. The van der Waals surface area contributed by atoms with Crippen molar-refractivity contribution in [3.63, 3.8) is 0 Å². The standard InChI is InChI=1S/C30H23FN4O4S/c31-23-12-14-24(15-13-23)33-28(36)20-39-26-11-5-4-9-22(26)17-27-29(37)35(19-25-10-6-16-38-25)30(40-27)34-32-18-21-7-2-1-3-8-21/h1-18H,19-20H2,(H,33,36)/b27-17-,32-18-,34-30+.